The lowest BCUT2D eigenvalue weighted by Crippen LogP contribution is -2.33. The Morgan fingerprint density at radius 2 is 0.365 bits per heavy atom. The van der Waals surface area contributed by atoms with Crippen LogP contribution in [0.1, 0.15) is 0 Å². The second-order valence-corrected chi connectivity index (χ2v) is 26.7. The van der Waals surface area contributed by atoms with Crippen LogP contribution in [-0.4, -0.2) is 0 Å². The molecule has 0 radical (unpaired) electrons. The zero-order chi connectivity index (χ0) is 49.5. The predicted molar refractivity (Wildman–Crippen MR) is 328 cm³/mol. The van der Waals surface area contributed by atoms with Crippen molar-refractivity contribution < 1.29 is 0 Å². The highest BCUT2D eigenvalue weighted by atomic mass is 31.2. The van der Waals surface area contributed by atoms with E-state index in [4.69, 9.17) is 0 Å². The SMILES string of the molecule is c1ccc(P(c2ccccc2)N(c2ccc3ccccc3c2-c2c(N(P(c3ccccc3)c3ccccc3)P(c3ccccc3)c3ccccc3)ccc3ccccc23)P(c2ccccc2)c2ccccc2)cc1. The molecule has 0 amide bonds. The lowest BCUT2D eigenvalue weighted by molar-refractivity contribution is 1.54. The molecule has 6 heteroatoms. The van der Waals surface area contributed by atoms with Crippen molar-refractivity contribution in [2.75, 3.05) is 8.88 Å². The average Bonchev–Trinajstić information content (AvgIpc) is 3.53. The largest absolute Gasteiger partial charge is 0.312 e. The summed E-state index contributed by atoms with van der Waals surface area (Å²) < 4.78 is 5.76. The Kier molecular flexibility index (Phi) is 14.3. The summed E-state index contributed by atoms with van der Waals surface area (Å²) in [6.45, 7) is 0. The van der Waals surface area contributed by atoms with E-state index in [0.717, 1.165) is 0 Å². The summed E-state index contributed by atoms with van der Waals surface area (Å²) in [5.41, 5.74) is 4.86. The van der Waals surface area contributed by atoms with Crippen molar-refractivity contribution in [2.24, 2.45) is 0 Å². The monoisotopic (exact) mass is 1020 g/mol. The zero-order valence-corrected chi connectivity index (χ0v) is 44.3. The minimum Gasteiger partial charge on any atom is -0.312 e. The molecule has 0 aliphatic carbocycles. The van der Waals surface area contributed by atoms with Crippen molar-refractivity contribution in [3.8, 4) is 11.1 Å². The van der Waals surface area contributed by atoms with Crippen LogP contribution in [0.3, 0.4) is 0 Å². The van der Waals surface area contributed by atoms with E-state index in [1.165, 1.54) is 86.5 Å². The molecule has 0 saturated carbocycles. The molecule has 354 valence electrons. The first kappa shape index (κ1) is 47.5. The minimum atomic E-state index is -1.22. The van der Waals surface area contributed by atoms with E-state index < -0.39 is 32.3 Å². The molecule has 2 nitrogen and oxygen atoms in total. The molecule has 74 heavy (non-hydrogen) atoms. The summed E-state index contributed by atoms with van der Waals surface area (Å²) in [6, 6.07) is 118. The molecule has 0 saturated heterocycles. The summed E-state index contributed by atoms with van der Waals surface area (Å²) in [6.07, 6.45) is 0. The summed E-state index contributed by atoms with van der Waals surface area (Å²) in [4.78, 5) is 0. The van der Waals surface area contributed by atoms with Crippen molar-refractivity contribution in [2.45, 2.75) is 0 Å². The Labute approximate surface area is 440 Å². The van der Waals surface area contributed by atoms with Crippen LogP contribution in [0.4, 0.5) is 11.4 Å². The standard InChI is InChI=1S/C68H52N2P4/c1-9-31-55(32-10-1)71(56-33-11-2-12-34-56)69(72(57-35-13-3-14-36-57)58-37-15-4-16-38-58)65-51-49-53-29-25-27-47-63(53)67(65)68-64-48-28-26-30-54(64)50-52-66(68)70(73(59-39-17-5-18-40-59)60-41-19-6-20-42-60)74(61-43-21-7-22-44-61)62-45-23-8-24-46-62/h1-52H. The van der Waals surface area contributed by atoms with Crippen molar-refractivity contribution in [3.63, 3.8) is 0 Å². The molecule has 0 aliphatic rings. The third-order valence-corrected chi connectivity index (χ3v) is 24.1. The fourth-order valence-electron chi connectivity index (χ4n) is 10.0. The molecular formula is C68H52N2P4. The van der Waals surface area contributed by atoms with Gasteiger partial charge in [-0.05, 0) is 33.7 Å². The number of fused-ring (bicyclic) bond motifs is 2. The molecule has 0 aromatic heterocycles. The van der Waals surface area contributed by atoms with Crippen LogP contribution in [0.25, 0.3) is 32.7 Å². The highest BCUT2D eigenvalue weighted by molar-refractivity contribution is 7.91. The summed E-state index contributed by atoms with van der Waals surface area (Å²) in [7, 11) is -4.88. The molecule has 12 aromatic rings. The van der Waals surface area contributed by atoms with E-state index in [-0.39, 0.29) is 0 Å². The first-order valence-electron chi connectivity index (χ1n) is 25.0. The highest BCUT2D eigenvalue weighted by Gasteiger charge is 2.38. The van der Waals surface area contributed by atoms with Crippen LogP contribution in [0.5, 0.6) is 0 Å². The maximum absolute atomic E-state index is 2.88. The molecule has 12 rings (SSSR count). The van der Waals surface area contributed by atoms with Gasteiger partial charge in [0.2, 0.25) is 0 Å². The van der Waals surface area contributed by atoms with Gasteiger partial charge in [0.15, 0.2) is 0 Å². The van der Waals surface area contributed by atoms with Gasteiger partial charge >= 0.3 is 0 Å². The molecule has 12 aromatic carbocycles. The van der Waals surface area contributed by atoms with Crippen molar-refractivity contribution in [3.05, 3.63) is 315 Å². The minimum absolute atomic E-state index is 1.20. The Hall–Kier alpha value is -7.52. The van der Waals surface area contributed by atoms with Gasteiger partial charge in [0.25, 0.3) is 0 Å². The third-order valence-electron chi connectivity index (χ3n) is 13.3. The van der Waals surface area contributed by atoms with Gasteiger partial charge in [-0.2, -0.15) is 0 Å². The van der Waals surface area contributed by atoms with Crippen LogP contribution >= 0.6 is 32.3 Å². The van der Waals surface area contributed by atoms with Crippen molar-refractivity contribution in [1.29, 1.82) is 0 Å². The van der Waals surface area contributed by atoms with E-state index in [1.807, 2.05) is 0 Å². The Bertz CT molecular complexity index is 3170. The van der Waals surface area contributed by atoms with Gasteiger partial charge in [0.1, 0.15) is 0 Å². The molecular weight excluding hydrogens is 969 g/mol. The molecule has 0 unspecified atom stereocenters. The Morgan fingerprint density at radius 3 is 0.581 bits per heavy atom. The normalized spacial score (nSPS) is 11.5. The first-order chi connectivity index (χ1) is 36.8. The van der Waals surface area contributed by atoms with Crippen LogP contribution < -0.4 is 51.3 Å². The summed E-state index contributed by atoms with van der Waals surface area (Å²) >= 11 is 0. The number of anilines is 2. The fraction of sp³-hybridized carbons (Fsp3) is 0. The van der Waals surface area contributed by atoms with Crippen LogP contribution in [0, 0.1) is 0 Å². The summed E-state index contributed by atoms with van der Waals surface area (Å²) in [5.74, 6) is 0. The van der Waals surface area contributed by atoms with Crippen molar-refractivity contribution in [1.82, 2.24) is 0 Å². The van der Waals surface area contributed by atoms with E-state index in [2.05, 4.69) is 324 Å². The molecule has 0 N–H and O–H groups in total. The average molecular weight is 1020 g/mol. The number of rotatable bonds is 15. The molecule has 0 heterocycles. The van der Waals surface area contributed by atoms with Gasteiger partial charge in [-0.1, -0.05) is 303 Å². The van der Waals surface area contributed by atoms with Gasteiger partial charge in [0, 0.05) is 53.6 Å². The maximum atomic E-state index is 2.88. The van der Waals surface area contributed by atoms with Crippen LogP contribution in [-0.2, 0) is 0 Å². The van der Waals surface area contributed by atoms with Gasteiger partial charge in [-0.25, -0.2) is 0 Å². The Balaban J connectivity index is 1.27. The molecule has 0 aliphatic heterocycles. The highest BCUT2D eigenvalue weighted by Crippen LogP contribution is 2.64. The van der Waals surface area contributed by atoms with E-state index >= 15 is 0 Å². The second kappa shape index (κ2) is 22.3. The Morgan fingerprint density at radius 1 is 0.176 bits per heavy atom. The lowest BCUT2D eigenvalue weighted by Gasteiger charge is -2.44. The molecule has 0 spiro atoms. The predicted octanol–water partition coefficient (Wildman–Crippen LogP) is 15.5. The van der Waals surface area contributed by atoms with Gasteiger partial charge in [-0.3, -0.25) is 0 Å². The first-order valence-corrected chi connectivity index (χ1v) is 30.2. The molecule has 0 atom stereocenters. The third kappa shape index (κ3) is 9.60. The van der Waals surface area contributed by atoms with E-state index in [0.29, 0.717) is 0 Å². The number of benzene rings is 12. The second-order valence-electron chi connectivity index (χ2n) is 17.9. The number of nitrogens with zero attached hydrogens (tertiary/aromatic N) is 2. The van der Waals surface area contributed by atoms with Crippen LogP contribution in [0.2, 0.25) is 0 Å². The quantitative estimate of drug-likeness (QED) is 0.0944. The topological polar surface area (TPSA) is 6.48 Å². The number of hydrogen-bond donors (Lipinski definition) is 0. The molecule has 0 fully saturated rings. The maximum Gasteiger partial charge on any atom is 0.0590 e. The van der Waals surface area contributed by atoms with Gasteiger partial charge < -0.3 is 8.88 Å². The fourth-order valence-corrected chi connectivity index (χ4v) is 22.0. The van der Waals surface area contributed by atoms with E-state index in [1.54, 1.807) is 0 Å². The van der Waals surface area contributed by atoms with Gasteiger partial charge in [-0.15, -0.1) is 0 Å². The number of hydrogen-bond acceptors (Lipinski definition) is 2. The van der Waals surface area contributed by atoms with Crippen molar-refractivity contribution >= 4 is 108 Å². The van der Waals surface area contributed by atoms with Gasteiger partial charge in [0.05, 0.1) is 43.7 Å². The summed E-state index contributed by atoms with van der Waals surface area (Å²) in [5, 5.41) is 15.2. The smallest absolute Gasteiger partial charge is 0.0590 e. The lowest BCUT2D eigenvalue weighted by atomic mass is 9.91. The zero-order valence-electron chi connectivity index (χ0n) is 40.7. The molecule has 0 bridgehead atoms. The van der Waals surface area contributed by atoms with E-state index in [9.17, 15) is 0 Å². The van der Waals surface area contributed by atoms with Crippen LogP contribution in [0.15, 0.2) is 315 Å².